The third-order valence-corrected chi connectivity index (χ3v) is 8.14. The third-order valence-electron chi connectivity index (χ3n) is 8.14. The molecule has 2 heterocycles. The van der Waals surface area contributed by atoms with Gasteiger partial charge in [-0.1, -0.05) is 98.4 Å². The second-order valence-corrected chi connectivity index (χ2v) is 12.0. The number of phenols is 1. The van der Waals surface area contributed by atoms with Crippen molar-refractivity contribution in [2.24, 2.45) is 10.8 Å². The molecule has 188 valence electrons. The molecule has 4 rings (SSSR count). The van der Waals surface area contributed by atoms with Gasteiger partial charge in [-0.15, -0.1) is 0 Å². The van der Waals surface area contributed by atoms with Crippen molar-refractivity contribution in [2.45, 2.75) is 104 Å². The minimum Gasteiger partial charge on any atom is -0.508 e. The lowest BCUT2D eigenvalue weighted by Crippen LogP contribution is -2.73. The number of hydrogen-bond acceptors (Lipinski definition) is 5. The normalized spacial score (nSPS) is 26.5. The molecule has 34 heavy (non-hydrogen) atoms. The second kappa shape index (κ2) is 8.48. The molecule has 2 unspecified atom stereocenters. The van der Waals surface area contributed by atoms with Gasteiger partial charge in [-0.25, -0.2) is 4.89 Å². The Morgan fingerprint density at radius 1 is 0.912 bits per heavy atom. The number of rotatable bonds is 8. The van der Waals surface area contributed by atoms with E-state index in [0.29, 0.717) is 25.0 Å². The van der Waals surface area contributed by atoms with Gasteiger partial charge in [0.25, 0.3) is 5.79 Å². The summed E-state index contributed by atoms with van der Waals surface area (Å²) in [6, 6.07) is 9.62. The smallest absolute Gasteiger partial charge is 0.262 e. The zero-order valence-corrected chi connectivity index (χ0v) is 22.0. The predicted molar refractivity (Wildman–Crippen MR) is 134 cm³/mol. The molecule has 5 nitrogen and oxygen atoms in total. The first-order valence-corrected chi connectivity index (χ1v) is 12.9. The van der Waals surface area contributed by atoms with Crippen molar-refractivity contribution in [3.8, 4) is 5.75 Å². The van der Waals surface area contributed by atoms with Gasteiger partial charge in [0.1, 0.15) is 5.75 Å². The quantitative estimate of drug-likeness (QED) is 0.404. The van der Waals surface area contributed by atoms with Gasteiger partial charge < -0.3 is 14.9 Å². The summed E-state index contributed by atoms with van der Waals surface area (Å²) >= 11 is 0. The number of phenolic OH excluding ortho intramolecular Hbond substituents is 1. The molecule has 2 fully saturated rings. The zero-order chi connectivity index (χ0) is 25.0. The molecule has 2 aromatic carbocycles. The molecule has 2 aliphatic rings. The monoisotopic (exact) mass is 470 g/mol. The van der Waals surface area contributed by atoms with Gasteiger partial charge in [0.2, 0.25) is 0 Å². The zero-order valence-electron chi connectivity index (χ0n) is 22.0. The Morgan fingerprint density at radius 3 is 2.09 bits per heavy atom. The summed E-state index contributed by atoms with van der Waals surface area (Å²) in [6.07, 6.45) is 4.97. The lowest BCUT2D eigenvalue weighted by molar-refractivity contribution is -0.626. The van der Waals surface area contributed by atoms with E-state index in [1.165, 1.54) is 0 Å². The van der Waals surface area contributed by atoms with E-state index in [9.17, 15) is 10.2 Å². The molecule has 0 radical (unpaired) electrons. The molecule has 2 aliphatic heterocycles. The molecule has 0 amide bonds. The van der Waals surface area contributed by atoms with Gasteiger partial charge in [-0.05, 0) is 29.7 Å². The molecule has 0 spiro atoms. The number of fused-ring (bicyclic) bond motifs is 2. The van der Waals surface area contributed by atoms with E-state index in [0.717, 1.165) is 42.0 Å². The van der Waals surface area contributed by atoms with E-state index in [2.05, 4.69) is 48.5 Å². The van der Waals surface area contributed by atoms with E-state index >= 15 is 0 Å². The third kappa shape index (κ3) is 3.35. The van der Waals surface area contributed by atoms with Crippen molar-refractivity contribution in [3.05, 3.63) is 41.5 Å². The second-order valence-electron chi connectivity index (χ2n) is 12.0. The van der Waals surface area contributed by atoms with Gasteiger partial charge in [-0.3, -0.25) is 0 Å². The van der Waals surface area contributed by atoms with Crippen LogP contribution >= 0.6 is 0 Å². The van der Waals surface area contributed by atoms with Crippen LogP contribution in [0.15, 0.2) is 30.3 Å². The molecule has 2 saturated heterocycles. The summed E-state index contributed by atoms with van der Waals surface area (Å²) in [5.41, 5.74) is -0.847. The van der Waals surface area contributed by atoms with E-state index in [1.807, 2.05) is 24.3 Å². The minimum absolute atomic E-state index is 0.136. The lowest BCUT2D eigenvalue weighted by Gasteiger charge is -2.61. The van der Waals surface area contributed by atoms with Crippen LogP contribution in [-0.2, 0) is 25.9 Å². The average Bonchev–Trinajstić information content (AvgIpc) is 2.91. The van der Waals surface area contributed by atoms with Crippen LogP contribution in [-0.4, -0.2) is 22.4 Å². The summed E-state index contributed by atoms with van der Waals surface area (Å²) in [5, 5.41) is 24.7. The SMILES string of the molecule is CCCCC(O)(CCCC)c1c(O)ccc2c(C34OCC(C)(C)C3(C(C)(C)C)OO4)cccc12. The number of ether oxygens (including phenoxy) is 1. The van der Waals surface area contributed by atoms with Gasteiger partial charge >= 0.3 is 0 Å². The van der Waals surface area contributed by atoms with Crippen LogP contribution in [0.4, 0.5) is 0 Å². The van der Waals surface area contributed by atoms with Crippen molar-refractivity contribution < 1.29 is 24.7 Å². The number of benzene rings is 2. The molecular weight excluding hydrogens is 428 g/mol. The van der Waals surface area contributed by atoms with Crippen LogP contribution in [0.1, 0.15) is 98.1 Å². The summed E-state index contributed by atoms with van der Waals surface area (Å²) in [6.45, 7) is 15.6. The van der Waals surface area contributed by atoms with Crippen LogP contribution in [0, 0.1) is 10.8 Å². The molecular formula is C29H42O5. The first-order valence-electron chi connectivity index (χ1n) is 12.9. The summed E-state index contributed by atoms with van der Waals surface area (Å²) < 4.78 is 6.49. The number of aliphatic hydroxyl groups is 1. The number of hydrogen-bond donors (Lipinski definition) is 2. The lowest BCUT2D eigenvalue weighted by atomic mass is 9.57. The first-order chi connectivity index (χ1) is 15.9. The molecule has 5 heteroatoms. The topological polar surface area (TPSA) is 68.2 Å². The molecule has 2 aromatic rings. The standard InChI is InChI=1S/C29H42O5/c1-8-10-17-27(31,18-11-9-2)24-21-13-12-14-22(20(21)15-16-23(24)30)28-29(34-33-28,25(3,4)5)26(6,7)19-32-28/h12-16,30-31H,8-11,17-19H2,1-7H3. The summed E-state index contributed by atoms with van der Waals surface area (Å²) in [5.74, 6) is -0.926. The highest BCUT2D eigenvalue weighted by Crippen LogP contribution is 2.69. The highest BCUT2D eigenvalue weighted by Gasteiger charge is 2.81. The predicted octanol–water partition coefficient (Wildman–Crippen LogP) is 7.07. The fourth-order valence-electron chi connectivity index (χ4n) is 6.65. The Balaban J connectivity index is 1.95. The molecule has 0 aromatic heterocycles. The van der Waals surface area contributed by atoms with Gasteiger partial charge in [-0.2, -0.15) is 4.89 Å². The van der Waals surface area contributed by atoms with Crippen LogP contribution in [0.5, 0.6) is 5.75 Å². The van der Waals surface area contributed by atoms with Gasteiger partial charge in [0, 0.05) is 22.0 Å². The van der Waals surface area contributed by atoms with E-state index in [-0.39, 0.29) is 16.6 Å². The van der Waals surface area contributed by atoms with Crippen LogP contribution < -0.4 is 0 Å². The summed E-state index contributed by atoms with van der Waals surface area (Å²) in [7, 11) is 0. The van der Waals surface area contributed by atoms with Crippen LogP contribution in [0.2, 0.25) is 0 Å². The Hall–Kier alpha value is -1.66. The van der Waals surface area contributed by atoms with Crippen molar-refractivity contribution in [1.82, 2.24) is 0 Å². The first kappa shape index (κ1) is 25.4. The Bertz CT molecular complexity index is 1040. The fraction of sp³-hybridized carbons (Fsp3) is 0.655. The highest BCUT2D eigenvalue weighted by molar-refractivity contribution is 5.92. The van der Waals surface area contributed by atoms with E-state index in [4.69, 9.17) is 14.5 Å². The Morgan fingerprint density at radius 2 is 1.56 bits per heavy atom. The Kier molecular flexibility index (Phi) is 6.34. The Labute approximate surface area is 204 Å². The molecule has 2 N–H and O–H groups in total. The molecule has 0 bridgehead atoms. The van der Waals surface area contributed by atoms with Crippen molar-refractivity contribution in [3.63, 3.8) is 0 Å². The minimum atomic E-state index is -1.10. The number of unbranched alkanes of at least 4 members (excludes halogenated alkanes) is 2. The van der Waals surface area contributed by atoms with Crippen LogP contribution in [0.25, 0.3) is 10.8 Å². The molecule has 0 saturated carbocycles. The van der Waals surface area contributed by atoms with Gasteiger partial charge in [0.15, 0.2) is 5.60 Å². The van der Waals surface area contributed by atoms with E-state index in [1.54, 1.807) is 6.07 Å². The maximum atomic E-state index is 11.9. The van der Waals surface area contributed by atoms with E-state index < -0.39 is 17.0 Å². The highest BCUT2D eigenvalue weighted by atomic mass is 17.3. The number of aromatic hydroxyl groups is 1. The average molecular weight is 471 g/mol. The molecule has 0 aliphatic carbocycles. The fourth-order valence-corrected chi connectivity index (χ4v) is 6.65. The van der Waals surface area contributed by atoms with Crippen molar-refractivity contribution in [1.29, 1.82) is 0 Å². The van der Waals surface area contributed by atoms with Gasteiger partial charge in [0.05, 0.1) is 12.2 Å². The van der Waals surface area contributed by atoms with Crippen molar-refractivity contribution >= 4 is 10.8 Å². The summed E-state index contributed by atoms with van der Waals surface area (Å²) in [4.78, 5) is 12.0. The maximum absolute atomic E-state index is 11.9. The maximum Gasteiger partial charge on any atom is 0.262 e. The van der Waals surface area contributed by atoms with Crippen LogP contribution in [0.3, 0.4) is 0 Å². The van der Waals surface area contributed by atoms with Crippen molar-refractivity contribution in [2.75, 3.05) is 6.61 Å². The molecule has 2 atom stereocenters. The largest absolute Gasteiger partial charge is 0.508 e.